The van der Waals surface area contributed by atoms with Crippen molar-refractivity contribution < 1.29 is 24.2 Å². The van der Waals surface area contributed by atoms with Crippen LogP contribution in [0.25, 0.3) is 5.69 Å². The van der Waals surface area contributed by atoms with E-state index in [1.807, 2.05) is 6.07 Å². The van der Waals surface area contributed by atoms with Crippen molar-refractivity contribution in [3.05, 3.63) is 48.3 Å². The number of nitrogens with zero attached hydrogens (tertiary/aromatic N) is 2. The van der Waals surface area contributed by atoms with E-state index in [2.05, 4.69) is 10.4 Å². The first kappa shape index (κ1) is 17.1. The van der Waals surface area contributed by atoms with Crippen LogP contribution in [0, 0.1) is 0 Å². The number of nitrogens with one attached hydrogen (secondary N) is 1. The van der Waals surface area contributed by atoms with Gasteiger partial charge in [-0.2, -0.15) is 5.10 Å². The molecule has 2 atom stereocenters. The summed E-state index contributed by atoms with van der Waals surface area (Å²) in [5, 5.41) is 15.8. The summed E-state index contributed by atoms with van der Waals surface area (Å²) in [4.78, 5) is 23.4. The maximum atomic E-state index is 12.7. The molecule has 1 aromatic carbocycles. The molecule has 0 unspecified atom stereocenters. The highest BCUT2D eigenvalue weighted by Crippen LogP contribution is 2.16. The zero-order chi connectivity index (χ0) is 17.6. The predicted octanol–water partition coefficient (Wildman–Crippen LogP) is 0.861. The van der Waals surface area contributed by atoms with Gasteiger partial charge in [-0.1, -0.05) is 12.1 Å². The first-order valence-electron chi connectivity index (χ1n) is 7.96. The van der Waals surface area contributed by atoms with Crippen LogP contribution in [0.15, 0.2) is 42.7 Å². The zero-order valence-corrected chi connectivity index (χ0v) is 13.5. The van der Waals surface area contributed by atoms with E-state index in [1.165, 1.54) is 0 Å². The molecule has 132 valence electrons. The molecular formula is C17H19N3O5. The largest absolute Gasteiger partial charge is 0.480 e. The molecule has 2 N–H and O–H groups in total. The van der Waals surface area contributed by atoms with Crippen LogP contribution in [0.5, 0.6) is 0 Å². The van der Waals surface area contributed by atoms with E-state index in [-0.39, 0.29) is 12.5 Å². The molecule has 1 aromatic heterocycles. The maximum Gasteiger partial charge on any atom is 0.329 e. The number of amides is 1. The minimum absolute atomic E-state index is 0.278. The smallest absolute Gasteiger partial charge is 0.329 e. The van der Waals surface area contributed by atoms with Gasteiger partial charge in [-0.25, -0.2) is 9.48 Å². The molecule has 2 heterocycles. The fourth-order valence-corrected chi connectivity index (χ4v) is 2.75. The standard InChI is InChI=1S/C17H19N3O5/c21-16(22)11-25-15-6-9-24-10-13(15)19-17(23)12-4-1-2-5-14(12)20-8-3-7-18-20/h1-5,7-8,13,15H,6,9-11H2,(H,19,23)(H,21,22)/t13-,15+/m0/s1. The highest BCUT2D eigenvalue weighted by molar-refractivity contribution is 5.98. The van der Waals surface area contributed by atoms with Crippen LogP contribution in [-0.2, 0) is 14.3 Å². The number of carbonyl (C=O) groups is 2. The van der Waals surface area contributed by atoms with E-state index in [0.29, 0.717) is 24.3 Å². The van der Waals surface area contributed by atoms with Crippen LogP contribution in [0.2, 0.25) is 0 Å². The number of aromatic nitrogens is 2. The Kier molecular flexibility index (Phi) is 5.42. The normalized spacial score (nSPS) is 20.2. The van der Waals surface area contributed by atoms with Gasteiger partial charge >= 0.3 is 5.97 Å². The fraction of sp³-hybridized carbons (Fsp3) is 0.353. The van der Waals surface area contributed by atoms with E-state index in [1.54, 1.807) is 41.3 Å². The topological polar surface area (TPSA) is 103 Å². The first-order chi connectivity index (χ1) is 12.1. The van der Waals surface area contributed by atoms with E-state index in [4.69, 9.17) is 14.6 Å². The van der Waals surface area contributed by atoms with Crippen molar-refractivity contribution in [3.63, 3.8) is 0 Å². The molecule has 0 saturated carbocycles. The van der Waals surface area contributed by atoms with Crippen molar-refractivity contribution in [1.82, 2.24) is 15.1 Å². The van der Waals surface area contributed by atoms with Gasteiger partial charge in [-0.05, 0) is 24.6 Å². The molecule has 0 bridgehead atoms. The Morgan fingerprint density at radius 1 is 1.36 bits per heavy atom. The molecule has 25 heavy (non-hydrogen) atoms. The molecular weight excluding hydrogens is 326 g/mol. The molecule has 0 spiro atoms. The minimum atomic E-state index is -1.04. The average Bonchev–Trinajstić information content (AvgIpc) is 3.15. The van der Waals surface area contributed by atoms with Gasteiger partial charge in [0.2, 0.25) is 0 Å². The summed E-state index contributed by atoms with van der Waals surface area (Å²) in [6, 6.07) is 8.49. The second kappa shape index (κ2) is 7.91. The summed E-state index contributed by atoms with van der Waals surface area (Å²) in [5.74, 6) is -1.33. The van der Waals surface area contributed by atoms with E-state index in [9.17, 15) is 9.59 Å². The number of carbonyl (C=O) groups excluding carboxylic acids is 1. The molecule has 8 nitrogen and oxygen atoms in total. The van der Waals surface area contributed by atoms with Crippen molar-refractivity contribution in [1.29, 1.82) is 0 Å². The van der Waals surface area contributed by atoms with Crippen LogP contribution in [-0.4, -0.2) is 58.7 Å². The van der Waals surface area contributed by atoms with Crippen LogP contribution < -0.4 is 5.32 Å². The number of aliphatic carboxylic acids is 1. The van der Waals surface area contributed by atoms with Crippen LogP contribution in [0.1, 0.15) is 16.8 Å². The van der Waals surface area contributed by atoms with E-state index in [0.717, 1.165) is 0 Å². The summed E-state index contributed by atoms with van der Waals surface area (Å²) >= 11 is 0. The second-order valence-electron chi connectivity index (χ2n) is 5.65. The van der Waals surface area contributed by atoms with Gasteiger partial charge in [0.1, 0.15) is 6.61 Å². The Labute approximate surface area is 144 Å². The van der Waals surface area contributed by atoms with E-state index < -0.39 is 24.7 Å². The summed E-state index contributed by atoms with van der Waals surface area (Å²) < 4.78 is 12.4. The molecule has 1 aliphatic heterocycles. The third-order valence-electron chi connectivity index (χ3n) is 3.93. The van der Waals surface area contributed by atoms with E-state index >= 15 is 0 Å². The van der Waals surface area contributed by atoms with Gasteiger partial charge in [0, 0.05) is 19.0 Å². The Balaban J connectivity index is 1.74. The quantitative estimate of drug-likeness (QED) is 0.805. The summed E-state index contributed by atoms with van der Waals surface area (Å²) in [7, 11) is 0. The van der Waals surface area contributed by atoms with Crippen LogP contribution in [0.4, 0.5) is 0 Å². The second-order valence-corrected chi connectivity index (χ2v) is 5.65. The predicted molar refractivity (Wildman–Crippen MR) is 87.6 cm³/mol. The van der Waals surface area contributed by atoms with Gasteiger partial charge in [0.25, 0.3) is 5.91 Å². The Morgan fingerprint density at radius 2 is 2.20 bits per heavy atom. The summed E-state index contributed by atoms with van der Waals surface area (Å²) in [5.41, 5.74) is 1.12. The number of hydrogen-bond acceptors (Lipinski definition) is 5. The van der Waals surface area contributed by atoms with Crippen molar-refractivity contribution in [2.75, 3.05) is 19.8 Å². The SMILES string of the molecule is O=C(O)CO[C@@H]1CCOC[C@@H]1NC(=O)c1ccccc1-n1cccn1. The highest BCUT2D eigenvalue weighted by atomic mass is 16.5. The lowest BCUT2D eigenvalue weighted by Crippen LogP contribution is -2.51. The number of carboxylic acids is 1. The first-order valence-corrected chi connectivity index (χ1v) is 7.96. The van der Waals surface area contributed by atoms with Crippen molar-refractivity contribution in [3.8, 4) is 5.69 Å². The number of carboxylic acid groups (broad SMARTS) is 1. The maximum absolute atomic E-state index is 12.7. The number of hydrogen-bond donors (Lipinski definition) is 2. The summed E-state index contributed by atoms with van der Waals surface area (Å²) in [6.07, 6.45) is 3.53. The van der Waals surface area contributed by atoms with Gasteiger partial charge in [0.15, 0.2) is 0 Å². The lowest BCUT2D eigenvalue weighted by molar-refractivity contribution is -0.147. The molecule has 1 amide bonds. The Morgan fingerprint density at radius 3 is 2.96 bits per heavy atom. The monoisotopic (exact) mass is 345 g/mol. The van der Waals surface area contributed by atoms with Gasteiger partial charge in [0.05, 0.1) is 30.0 Å². The molecule has 0 radical (unpaired) electrons. The molecule has 0 aliphatic carbocycles. The number of ether oxygens (including phenoxy) is 2. The molecule has 3 rings (SSSR count). The molecule has 1 fully saturated rings. The van der Waals surface area contributed by atoms with Crippen LogP contribution in [0.3, 0.4) is 0 Å². The fourth-order valence-electron chi connectivity index (χ4n) is 2.75. The van der Waals surface area contributed by atoms with Crippen molar-refractivity contribution >= 4 is 11.9 Å². The minimum Gasteiger partial charge on any atom is -0.480 e. The Hall–Kier alpha value is -2.71. The van der Waals surface area contributed by atoms with Gasteiger partial charge in [-0.3, -0.25) is 4.79 Å². The van der Waals surface area contributed by atoms with Crippen molar-refractivity contribution in [2.24, 2.45) is 0 Å². The average molecular weight is 345 g/mol. The molecule has 2 aromatic rings. The number of rotatable bonds is 6. The Bertz CT molecular complexity index is 732. The highest BCUT2D eigenvalue weighted by Gasteiger charge is 2.29. The van der Waals surface area contributed by atoms with Gasteiger partial charge < -0.3 is 19.9 Å². The molecule has 8 heteroatoms. The zero-order valence-electron chi connectivity index (χ0n) is 13.5. The van der Waals surface area contributed by atoms with Crippen LogP contribution >= 0.6 is 0 Å². The third kappa shape index (κ3) is 4.23. The molecule has 1 saturated heterocycles. The molecule has 1 aliphatic rings. The lowest BCUT2D eigenvalue weighted by Gasteiger charge is -2.31. The summed E-state index contributed by atoms with van der Waals surface area (Å²) in [6.45, 7) is 0.349. The van der Waals surface area contributed by atoms with Crippen molar-refractivity contribution in [2.45, 2.75) is 18.6 Å². The van der Waals surface area contributed by atoms with Gasteiger partial charge in [-0.15, -0.1) is 0 Å². The lowest BCUT2D eigenvalue weighted by atomic mass is 10.1. The number of benzene rings is 1. The third-order valence-corrected chi connectivity index (χ3v) is 3.93. The number of para-hydroxylation sites is 1.